The normalized spacial score (nSPS) is 9.92. The van der Waals surface area contributed by atoms with Crippen LogP contribution in [0.5, 0.6) is 0 Å². The van der Waals surface area contributed by atoms with Gasteiger partial charge in [-0.3, -0.25) is 20.2 Å². The SMILES string of the molecule is N#CC(C#N)=C(C#N)Nc1c([N+](=O)[O-])cc(C(F)(F)F)cc1[N+](=O)[O-]. The first-order valence-corrected chi connectivity index (χ1v) is 5.82. The second-order valence-corrected chi connectivity index (χ2v) is 4.11. The molecule has 0 unspecified atom stereocenters. The average Bonchev–Trinajstić information content (AvgIpc) is 2.53. The highest BCUT2D eigenvalue weighted by Crippen LogP contribution is 2.41. The van der Waals surface area contributed by atoms with Gasteiger partial charge < -0.3 is 5.32 Å². The van der Waals surface area contributed by atoms with Gasteiger partial charge in [0.05, 0.1) is 15.4 Å². The summed E-state index contributed by atoms with van der Waals surface area (Å²) in [6.45, 7) is 0. The van der Waals surface area contributed by atoms with Crippen LogP contribution in [0.3, 0.4) is 0 Å². The van der Waals surface area contributed by atoms with Crippen LogP contribution in [0.2, 0.25) is 0 Å². The number of hydrogen-bond donors (Lipinski definition) is 1. The first kappa shape index (κ1) is 18.9. The predicted octanol–water partition coefficient (Wildman–Crippen LogP) is 2.76. The Morgan fingerprint density at radius 1 is 1.00 bits per heavy atom. The molecule has 0 heterocycles. The van der Waals surface area contributed by atoms with Gasteiger partial charge in [0.25, 0.3) is 11.4 Å². The zero-order valence-corrected chi connectivity index (χ0v) is 11.7. The van der Waals surface area contributed by atoms with Crippen molar-refractivity contribution in [1.29, 1.82) is 15.8 Å². The van der Waals surface area contributed by atoms with Crippen LogP contribution < -0.4 is 5.32 Å². The second-order valence-electron chi connectivity index (χ2n) is 4.11. The van der Waals surface area contributed by atoms with E-state index in [9.17, 15) is 33.4 Å². The van der Waals surface area contributed by atoms with Crippen molar-refractivity contribution in [2.45, 2.75) is 6.18 Å². The zero-order valence-electron chi connectivity index (χ0n) is 11.7. The molecule has 0 aliphatic heterocycles. The van der Waals surface area contributed by atoms with Crippen molar-refractivity contribution in [2.75, 3.05) is 5.32 Å². The lowest BCUT2D eigenvalue weighted by Gasteiger charge is -2.10. The third-order valence-electron chi connectivity index (χ3n) is 2.65. The maximum Gasteiger partial charge on any atom is 0.416 e. The summed E-state index contributed by atoms with van der Waals surface area (Å²) in [7, 11) is 0. The van der Waals surface area contributed by atoms with Gasteiger partial charge in [-0.1, -0.05) is 0 Å². The van der Waals surface area contributed by atoms with Gasteiger partial charge in [-0.05, 0) is 0 Å². The van der Waals surface area contributed by atoms with Crippen molar-refractivity contribution >= 4 is 17.1 Å². The van der Waals surface area contributed by atoms with E-state index in [0.717, 1.165) is 0 Å². The zero-order chi connectivity index (χ0) is 19.4. The Kier molecular flexibility index (Phi) is 5.23. The van der Waals surface area contributed by atoms with Crippen molar-refractivity contribution < 1.29 is 23.0 Å². The van der Waals surface area contributed by atoms with E-state index in [1.54, 1.807) is 0 Å². The van der Waals surface area contributed by atoms with Crippen LogP contribution in [0.4, 0.5) is 30.2 Å². The van der Waals surface area contributed by atoms with E-state index in [-0.39, 0.29) is 12.1 Å². The average molecular weight is 352 g/mol. The van der Waals surface area contributed by atoms with E-state index in [1.165, 1.54) is 18.2 Å². The molecule has 1 rings (SSSR count). The molecule has 0 atom stereocenters. The van der Waals surface area contributed by atoms with Gasteiger partial charge in [-0.2, -0.15) is 29.0 Å². The minimum atomic E-state index is -5.10. The molecule has 0 amide bonds. The lowest BCUT2D eigenvalue weighted by Crippen LogP contribution is -2.11. The number of nitro groups is 2. The first-order valence-electron chi connectivity index (χ1n) is 5.82. The lowest BCUT2D eigenvalue weighted by atomic mass is 10.1. The summed E-state index contributed by atoms with van der Waals surface area (Å²) < 4.78 is 38.3. The van der Waals surface area contributed by atoms with Crippen molar-refractivity contribution in [3.63, 3.8) is 0 Å². The molecule has 1 aromatic rings. The molecule has 0 aliphatic rings. The monoisotopic (exact) mass is 352 g/mol. The minimum Gasteiger partial charge on any atom is -0.334 e. The second kappa shape index (κ2) is 6.93. The lowest BCUT2D eigenvalue weighted by molar-refractivity contribution is -0.392. The number of nitriles is 3. The number of rotatable bonds is 4. The molecule has 25 heavy (non-hydrogen) atoms. The van der Waals surface area contributed by atoms with Gasteiger partial charge in [-0.15, -0.1) is 0 Å². The molecule has 0 aromatic heterocycles. The van der Waals surface area contributed by atoms with E-state index < -0.39 is 49.9 Å². The fraction of sp³-hybridized carbons (Fsp3) is 0.0833. The van der Waals surface area contributed by atoms with Gasteiger partial charge in [0, 0.05) is 12.1 Å². The smallest absolute Gasteiger partial charge is 0.334 e. The number of anilines is 1. The van der Waals surface area contributed by atoms with E-state index in [0.29, 0.717) is 0 Å². The van der Waals surface area contributed by atoms with Crippen molar-refractivity contribution in [3.05, 3.63) is 49.2 Å². The highest BCUT2D eigenvalue weighted by molar-refractivity contribution is 5.78. The number of benzene rings is 1. The number of allylic oxidation sites excluding steroid dienone is 2. The molecule has 1 N–H and O–H groups in total. The van der Waals surface area contributed by atoms with Crippen molar-refractivity contribution in [3.8, 4) is 18.2 Å². The molecule has 1 aromatic carbocycles. The van der Waals surface area contributed by atoms with Gasteiger partial charge in [-0.25, -0.2) is 0 Å². The maximum atomic E-state index is 12.8. The molecule has 126 valence electrons. The quantitative estimate of drug-likeness (QED) is 0.489. The van der Waals surface area contributed by atoms with E-state index in [2.05, 4.69) is 0 Å². The predicted molar refractivity (Wildman–Crippen MR) is 72.2 cm³/mol. The Bertz CT molecular complexity index is 866. The number of nitrogens with one attached hydrogen (secondary N) is 1. The molecule has 0 spiro atoms. The molecule has 0 radical (unpaired) electrons. The molecule has 13 heteroatoms. The van der Waals surface area contributed by atoms with Crippen LogP contribution in [0.1, 0.15) is 5.56 Å². The topological polar surface area (TPSA) is 170 Å². The Labute approximate surface area is 135 Å². The minimum absolute atomic E-state index is 0.0305. The van der Waals surface area contributed by atoms with Crippen LogP contribution in [-0.2, 0) is 6.18 Å². The highest BCUT2D eigenvalue weighted by Gasteiger charge is 2.38. The number of nitrogens with zero attached hydrogens (tertiary/aromatic N) is 5. The van der Waals surface area contributed by atoms with Crippen LogP contribution in [0, 0.1) is 54.2 Å². The fourth-order valence-corrected chi connectivity index (χ4v) is 1.60. The summed E-state index contributed by atoms with van der Waals surface area (Å²) in [5.74, 6) is 0. The van der Waals surface area contributed by atoms with Gasteiger partial charge >= 0.3 is 6.18 Å². The van der Waals surface area contributed by atoms with Crippen LogP contribution in [0.25, 0.3) is 0 Å². The molecule has 0 saturated carbocycles. The number of halogens is 3. The third-order valence-corrected chi connectivity index (χ3v) is 2.65. The molecular weight excluding hydrogens is 349 g/mol. The van der Waals surface area contributed by atoms with E-state index in [1.807, 2.05) is 5.32 Å². The molecule has 10 nitrogen and oxygen atoms in total. The standard InChI is InChI=1S/C12H3F3N6O4/c13-12(14,15)7-1-9(20(22)23)11(10(2-7)21(24)25)19-8(5-18)6(3-16)4-17/h1-2,19H. The Hall–Kier alpha value is -4.18. The van der Waals surface area contributed by atoms with E-state index >= 15 is 0 Å². The van der Waals surface area contributed by atoms with Crippen molar-refractivity contribution in [2.24, 2.45) is 0 Å². The van der Waals surface area contributed by atoms with Crippen LogP contribution in [-0.4, -0.2) is 9.85 Å². The fourth-order valence-electron chi connectivity index (χ4n) is 1.60. The first-order chi connectivity index (χ1) is 11.6. The Balaban J connectivity index is 3.82. The number of nitro benzene ring substituents is 2. The molecule has 0 fully saturated rings. The molecular formula is C12H3F3N6O4. The van der Waals surface area contributed by atoms with Crippen molar-refractivity contribution in [1.82, 2.24) is 0 Å². The summed E-state index contributed by atoms with van der Waals surface area (Å²) in [6, 6.07) is 3.89. The summed E-state index contributed by atoms with van der Waals surface area (Å²) >= 11 is 0. The number of hydrogen-bond acceptors (Lipinski definition) is 8. The van der Waals surface area contributed by atoms with Gasteiger partial charge in [0.2, 0.25) is 0 Å². The highest BCUT2D eigenvalue weighted by atomic mass is 19.4. The van der Waals surface area contributed by atoms with E-state index in [4.69, 9.17) is 15.8 Å². The summed E-state index contributed by atoms with van der Waals surface area (Å²) in [6.07, 6.45) is -5.10. The molecule has 0 aliphatic carbocycles. The third kappa shape index (κ3) is 3.97. The van der Waals surface area contributed by atoms with Crippen LogP contribution in [0.15, 0.2) is 23.4 Å². The Morgan fingerprint density at radius 2 is 1.44 bits per heavy atom. The van der Waals surface area contributed by atoms with Gasteiger partial charge in [0.1, 0.15) is 23.9 Å². The number of alkyl halides is 3. The molecule has 0 bridgehead atoms. The van der Waals surface area contributed by atoms with Gasteiger partial charge in [0.15, 0.2) is 11.3 Å². The summed E-state index contributed by atoms with van der Waals surface area (Å²) in [4.78, 5) is 19.3. The largest absolute Gasteiger partial charge is 0.416 e. The summed E-state index contributed by atoms with van der Waals surface area (Å²) in [5.41, 5.74) is -7.20. The van der Waals surface area contributed by atoms with Crippen LogP contribution >= 0.6 is 0 Å². The maximum absolute atomic E-state index is 12.8. The molecule has 0 saturated heterocycles. The summed E-state index contributed by atoms with van der Waals surface area (Å²) in [5, 5.41) is 50.1. The Morgan fingerprint density at radius 3 is 1.72 bits per heavy atom.